The molecule has 1 aromatic rings. The van der Waals surface area contributed by atoms with Crippen molar-refractivity contribution in [2.45, 2.75) is 25.7 Å². The molecule has 3 atom stereocenters. The molecule has 2 saturated carbocycles. The molecule has 4 heteroatoms. The summed E-state index contributed by atoms with van der Waals surface area (Å²) in [6.07, 6.45) is 7.63. The van der Waals surface area contributed by atoms with E-state index in [1.54, 1.807) is 17.5 Å². The van der Waals surface area contributed by atoms with Crippen molar-refractivity contribution in [1.82, 2.24) is 4.98 Å². The van der Waals surface area contributed by atoms with E-state index >= 15 is 0 Å². The molecule has 16 heavy (non-hydrogen) atoms. The second-order valence-corrected chi connectivity index (χ2v) is 6.40. The van der Waals surface area contributed by atoms with Crippen LogP contribution in [0.15, 0.2) is 6.20 Å². The van der Waals surface area contributed by atoms with Crippen LogP contribution in [0.1, 0.15) is 25.7 Å². The molecule has 2 bridgehead atoms. The predicted octanol–water partition coefficient (Wildman–Crippen LogP) is 2.60. The average Bonchev–Trinajstić information content (AvgIpc) is 2.92. The molecule has 0 aromatic carbocycles. The highest BCUT2D eigenvalue weighted by Crippen LogP contribution is 2.48. The summed E-state index contributed by atoms with van der Waals surface area (Å²) >= 11 is 1.59. The van der Waals surface area contributed by atoms with Crippen LogP contribution in [0, 0.1) is 17.8 Å². The third-order valence-corrected chi connectivity index (χ3v) is 5.17. The Kier molecular flexibility index (Phi) is 2.54. The zero-order chi connectivity index (χ0) is 11.1. The average molecular weight is 237 g/mol. The topological polar surface area (TPSA) is 42.2 Å². The second-order valence-electron chi connectivity index (χ2n) is 5.36. The fourth-order valence-electron chi connectivity index (χ4n) is 3.48. The minimum atomic E-state index is 0.815. The molecule has 2 N–H and O–H groups in total. The van der Waals surface area contributed by atoms with E-state index in [-0.39, 0.29) is 0 Å². The van der Waals surface area contributed by atoms with Gasteiger partial charge in [-0.1, -0.05) is 17.8 Å². The normalized spacial score (nSPS) is 32.2. The van der Waals surface area contributed by atoms with Crippen molar-refractivity contribution in [3.63, 3.8) is 0 Å². The molecule has 0 radical (unpaired) electrons. The third kappa shape index (κ3) is 1.79. The summed E-state index contributed by atoms with van der Waals surface area (Å²) in [5.41, 5.74) is 5.71. The molecule has 3 rings (SSSR count). The lowest BCUT2D eigenvalue weighted by atomic mass is 9.88. The molecule has 3 unspecified atom stereocenters. The molecular formula is C12H19N3S. The molecule has 0 aliphatic heterocycles. The second kappa shape index (κ2) is 3.91. The number of hydrogen-bond donors (Lipinski definition) is 1. The summed E-state index contributed by atoms with van der Waals surface area (Å²) in [6, 6.07) is 0. The van der Waals surface area contributed by atoms with E-state index in [9.17, 15) is 0 Å². The number of nitrogens with two attached hydrogens (primary N) is 1. The van der Waals surface area contributed by atoms with Gasteiger partial charge in [-0.15, -0.1) is 0 Å². The molecule has 3 nitrogen and oxygen atoms in total. The number of fused-ring (bicyclic) bond motifs is 2. The molecular weight excluding hydrogens is 218 g/mol. The van der Waals surface area contributed by atoms with Crippen LogP contribution in [0.4, 0.5) is 10.1 Å². The van der Waals surface area contributed by atoms with Gasteiger partial charge in [-0.25, -0.2) is 4.98 Å². The summed E-state index contributed by atoms with van der Waals surface area (Å²) in [4.78, 5) is 6.62. The van der Waals surface area contributed by atoms with Gasteiger partial charge in [0.25, 0.3) is 0 Å². The Bertz CT molecular complexity index is 376. The van der Waals surface area contributed by atoms with Crippen molar-refractivity contribution >= 4 is 21.5 Å². The van der Waals surface area contributed by atoms with Crippen molar-refractivity contribution in [2.75, 3.05) is 24.2 Å². The highest BCUT2D eigenvalue weighted by molar-refractivity contribution is 7.19. The van der Waals surface area contributed by atoms with Gasteiger partial charge in [-0.05, 0) is 37.0 Å². The Morgan fingerprint density at radius 2 is 2.38 bits per heavy atom. The highest BCUT2D eigenvalue weighted by atomic mass is 32.1. The van der Waals surface area contributed by atoms with Crippen molar-refractivity contribution < 1.29 is 0 Å². The zero-order valence-corrected chi connectivity index (χ0v) is 10.5. The van der Waals surface area contributed by atoms with Crippen molar-refractivity contribution in [2.24, 2.45) is 17.8 Å². The minimum Gasteiger partial charge on any atom is -0.389 e. The molecule has 2 aliphatic rings. The fourth-order valence-corrected chi connectivity index (χ4v) is 4.14. The van der Waals surface area contributed by atoms with Gasteiger partial charge < -0.3 is 10.6 Å². The molecule has 0 saturated heterocycles. The number of anilines is 2. The number of thiazole rings is 1. The number of hydrogen-bond acceptors (Lipinski definition) is 4. The third-order valence-electron chi connectivity index (χ3n) is 4.23. The summed E-state index contributed by atoms with van der Waals surface area (Å²) in [6.45, 7) is 1.16. The molecule has 2 aliphatic carbocycles. The van der Waals surface area contributed by atoms with Crippen molar-refractivity contribution in [1.29, 1.82) is 0 Å². The maximum absolute atomic E-state index is 5.71. The first-order valence-electron chi connectivity index (χ1n) is 6.15. The molecule has 1 heterocycles. The van der Waals surface area contributed by atoms with Crippen LogP contribution in [-0.2, 0) is 0 Å². The van der Waals surface area contributed by atoms with Crippen molar-refractivity contribution in [3.05, 3.63) is 6.20 Å². The van der Waals surface area contributed by atoms with Crippen LogP contribution < -0.4 is 10.6 Å². The van der Waals surface area contributed by atoms with E-state index in [1.807, 2.05) is 0 Å². The van der Waals surface area contributed by atoms with E-state index in [1.165, 1.54) is 25.7 Å². The Morgan fingerprint density at radius 1 is 1.50 bits per heavy atom. The first-order chi connectivity index (χ1) is 7.72. The van der Waals surface area contributed by atoms with E-state index in [4.69, 9.17) is 5.73 Å². The van der Waals surface area contributed by atoms with Gasteiger partial charge in [-0.2, -0.15) is 0 Å². The van der Waals surface area contributed by atoms with Gasteiger partial charge >= 0.3 is 0 Å². The lowest BCUT2D eigenvalue weighted by molar-refractivity contribution is 0.337. The predicted molar refractivity (Wildman–Crippen MR) is 68.7 cm³/mol. The number of rotatable bonds is 3. The molecule has 0 spiro atoms. The quantitative estimate of drug-likeness (QED) is 0.878. The lowest BCUT2D eigenvalue weighted by Gasteiger charge is -2.26. The monoisotopic (exact) mass is 237 g/mol. The van der Waals surface area contributed by atoms with Gasteiger partial charge in [0.15, 0.2) is 5.13 Å². The molecule has 1 aromatic heterocycles. The minimum absolute atomic E-state index is 0.815. The number of nitrogens with zero attached hydrogens (tertiary/aromatic N) is 2. The summed E-state index contributed by atoms with van der Waals surface area (Å²) in [5, 5.41) is 1.88. The smallest absolute Gasteiger partial charge is 0.186 e. The zero-order valence-electron chi connectivity index (χ0n) is 9.72. The fraction of sp³-hybridized carbons (Fsp3) is 0.750. The summed E-state index contributed by atoms with van der Waals surface area (Å²) in [5.74, 6) is 2.92. The maximum Gasteiger partial charge on any atom is 0.186 e. The first kappa shape index (κ1) is 10.4. The standard InChI is InChI=1S/C12H19N3S/c1-15(12-14-6-11(13)16-12)7-10-5-8-2-3-9(10)4-8/h6,8-10H,2-5,7,13H2,1H3. The summed E-state index contributed by atoms with van der Waals surface area (Å²) in [7, 11) is 2.14. The summed E-state index contributed by atoms with van der Waals surface area (Å²) < 4.78 is 0. The Morgan fingerprint density at radius 3 is 2.94 bits per heavy atom. The van der Waals surface area contributed by atoms with Gasteiger partial charge in [-0.3, -0.25) is 0 Å². The van der Waals surface area contributed by atoms with Gasteiger partial charge in [0.1, 0.15) is 5.00 Å². The molecule has 2 fully saturated rings. The van der Waals surface area contributed by atoms with E-state index < -0.39 is 0 Å². The SMILES string of the molecule is CN(CC1CC2CCC1C2)c1ncc(N)s1. The Hall–Kier alpha value is -0.770. The van der Waals surface area contributed by atoms with Gasteiger partial charge in [0, 0.05) is 13.6 Å². The van der Waals surface area contributed by atoms with E-state index in [0.29, 0.717) is 0 Å². The van der Waals surface area contributed by atoms with Crippen LogP contribution in [0.2, 0.25) is 0 Å². The van der Waals surface area contributed by atoms with E-state index in [0.717, 1.165) is 34.4 Å². The number of aromatic nitrogens is 1. The lowest BCUT2D eigenvalue weighted by Crippen LogP contribution is -2.28. The van der Waals surface area contributed by atoms with Gasteiger partial charge in [0.2, 0.25) is 0 Å². The molecule has 0 amide bonds. The molecule has 88 valence electrons. The maximum atomic E-state index is 5.71. The van der Waals surface area contributed by atoms with Crippen molar-refractivity contribution in [3.8, 4) is 0 Å². The van der Waals surface area contributed by atoms with Gasteiger partial charge in [0.05, 0.1) is 6.20 Å². The van der Waals surface area contributed by atoms with Crippen LogP contribution in [0.3, 0.4) is 0 Å². The Balaban J connectivity index is 1.62. The highest BCUT2D eigenvalue weighted by Gasteiger charge is 2.39. The van der Waals surface area contributed by atoms with Crippen LogP contribution in [-0.4, -0.2) is 18.6 Å². The van der Waals surface area contributed by atoms with E-state index in [2.05, 4.69) is 16.9 Å². The van der Waals surface area contributed by atoms with Crippen LogP contribution >= 0.6 is 11.3 Å². The first-order valence-corrected chi connectivity index (χ1v) is 6.96. The number of nitrogen functional groups attached to an aromatic ring is 1. The largest absolute Gasteiger partial charge is 0.389 e. The Labute approximate surface area is 101 Å². The van der Waals surface area contributed by atoms with Crippen LogP contribution in [0.25, 0.3) is 0 Å². The van der Waals surface area contributed by atoms with Crippen LogP contribution in [0.5, 0.6) is 0 Å².